The lowest BCUT2D eigenvalue weighted by molar-refractivity contribution is 1.35. The van der Waals surface area contributed by atoms with E-state index >= 15 is 0 Å². The fourth-order valence-electron chi connectivity index (χ4n) is 8.73. The quantitative estimate of drug-likeness (QED) is 0.0833. The predicted molar refractivity (Wildman–Crippen MR) is 257 cm³/mol. The minimum atomic E-state index is 0.611. The summed E-state index contributed by atoms with van der Waals surface area (Å²) in [5.41, 5.74) is 9.75. The Morgan fingerprint density at radius 1 is 0.356 bits per heavy atom. The van der Waals surface area contributed by atoms with Crippen LogP contribution in [0.1, 0.15) is 18.1 Å². The highest BCUT2D eigenvalue weighted by molar-refractivity contribution is 6.27. The topological polar surface area (TPSA) is 12.4 Å². The molecule has 0 aromatic heterocycles. The first-order chi connectivity index (χ1) is 28.9. The van der Waals surface area contributed by atoms with Crippen molar-refractivity contribution in [1.29, 1.82) is 0 Å². The van der Waals surface area contributed by atoms with Gasteiger partial charge in [0.05, 0.1) is 5.70 Å². The standard InChI is InChI=1S/C58H41N/c1-37(26-27-38(2)41-16-6-5-7-17-41)39(3)59-40(4)44-32-45(42-28-30-55-51-22-10-8-18-47(51)49-20-12-14-24-53(49)57(55)35-42)34-46(33-44)43-29-31-56-52-23-11-9-19-48(52)50-21-13-15-25-54(50)58(56)36-43/h5-36H,1-3H2,4H3/b27-26-,59-40+. The van der Waals surface area contributed by atoms with Crippen LogP contribution in [0.15, 0.2) is 230 Å². The number of allylic oxidation sites excluding steroid dienone is 3. The third-order valence-corrected chi connectivity index (χ3v) is 11.8. The predicted octanol–water partition coefficient (Wildman–Crippen LogP) is 16.1. The monoisotopic (exact) mass is 751 g/mol. The van der Waals surface area contributed by atoms with Crippen molar-refractivity contribution in [3.63, 3.8) is 0 Å². The van der Waals surface area contributed by atoms with E-state index in [1.807, 2.05) is 30.4 Å². The summed E-state index contributed by atoms with van der Waals surface area (Å²) >= 11 is 0. The molecule has 0 saturated heterocycles. The van der Waals surface area contributed by atoms with Crippen LogP contribution in [0.4, 0.5) is 0 Å². The second-order valence-corrected chi connectivity index (χ2v) is 15.4. The van der Waals surface area contributed by atoms with Crippen LogP contribution < -0.4 is 0 Å². The Balaban J connectivity index is 1.13. The third kappa shape index (κ3) is 6.44. The minimum absolute atomic E-state index is 0.611. The van der Waals surface area contributed by atoms with Gasteiger partial charge in [-0.2, -0.15) is 0 Å². The molecule has 59 heavy (non-hydrogen) atoms. The van der Waals surface area contributed by atoms with Gasteiger partial charge >= 0.3 is 0 Å². The molecule has 0 fully saturated rings. The van der Waals surface area contributed by atoms with Gasteiger partial charge in [-0.1, -0.05) is 184 Å². The van der Waals surface area contributed by atoms with E-state index < -0.39 is 0 Å². The van der Waals surface area contributed by atoms with Crippen LogP contribution in [0.25, 0.3) is 92.5 Å². The number of fused-ring (bicyclic) bond motifs is 12. The van der Waals surface area contributed by atoms with Gasteiger partial charge in [-0.05, 0) is 146 Å². The molecule has 0 atom stereocenters. The molecule has 0 heterocycles. The molecule has 10 aromatic carbocycles. The fraction of sp³-hybridized carbons (Fsp3) is 0.0172. The van der Waals surface area contributed by atoms with Crippen molar-refractivity contribution in [3.8, 4) is 22.3 Å². The van der Waals surface area contributed by atoms with Gasteiger partial charge in [0.2, 0.25) is 0 Å². The zero-order valence-electron chi connectivity index (χ0n) is 33.0. The van der Waals surface area contributed by atoms with Gasteiger partial charge in [0.25, 0.3) is 0 Å². The number of benzene rings is 10. The van der Waals surface area contributed by atoms with E-state index in [9.17, 15) is 0 Å². The van der Waals surface area contributed by atoms with Crippen molar-refractivity contribution in [2.45, 2.75) is 6.92 Å². The Morgan fingerprint density at radius 3 is 1.15 bits per heavy atom. The van der Waals surface area contributed by atoms with Crippen LogP contribution in [-0.2, 0) is 0 Å². The lowest BCUT2D eigenvalue weighted by atomic mass is 9.89. The van der Waals surface area contributed by atoms with Gasteiger partial charge in [-0.3, -0.25) is 4.99 Å². The van der Waals surface area contributed by atoms with Gasteiger partial charge in [0, 0.05) is 5.71 Å². The molecular weight excluding hydrogens is 711 g/mol. The molecule has 0 bridgehead atoms. The van der Waals surface area contributed by atoms with Crippen molar-refractivity contribution >= 4 is 75.9 Å². The van der Waals surface area contributed by atoms with Gasteiger partial charge < -0.3 is 0 Å². The van der Waals surface area contributed by atoms with E-state index in [4.69, 9.17) is 4.99 Å². The molecule has 1 heteroatoms. The second kappa shape index (κ2) is 14.7. The lowest BCUT2D eigenvalue weighted by Crippen LogP contribution is -1.98. The zero-order valence-corrected chi connectivity index (χ0v) is 33.0. The molecule has 0 radical (unpaired) electrons. The van der Waals surface area contributed by atoms with E-state index in [1.165, 1.54) is 64.6 Å². The van der Waals surface area contributed by atoms with Gasteiger partial charge in [0.1, 0.15) is 0 Å². The van der Waals surface area contributed by atoms with Crippen LogP contribution in [0.3, 0.4) is 0 Å². The average molecular weight is 752 g/mol. The fourth-order valence-corrected chi connectivity index (χ4v) is 8.73. The first-order valence-corrected chi connectivity index (χ1v) is 20.1. The summed E-state index contributed by atoms with van der Waals surface area (Å²) in [5, 5.41) is 15.1. The molecule has 0 aliphatic rings. The van der Waals surface area contributed by atoms with Crippen LogP contribution >= 0.6 is 0 Å². The van der Waals surface area contributed by atoms with Gasteiger partial charge in [-0.15, -0.1) is 0 Å². The normalized spacial score (nSPS) is 12.1. The Kier molecular flexibility index (Phi) is 8.93. The van der Waals surface area contributed by atoms with E-state index in [0.717, 1.165) is 50.2 Å². The first kappa shape index (κ1) is 35.8. The van der Waals surface area contributed by atoms with E-state index in [-0.39, 0.29) is 0 Å². The van der Waals surface area contributed by atoms with E-state index in [0.29, 0.717) is 5.70 Å². The molecule has 0 N–H and O–H groups in total. The van der Waals surface area contributed by atoms with Crippen LogP contribution in [0.5, 0.6) is 0 Å². The summed E-state index contributed by atoms with van der Waals surface area (Å²) in [6.45, 7) is 15.0. The van der Waals surface area contributed by atoms with Gasteiger partial charge in [0.15, 0.2) is 0 Å². The first-order valence-electron chi connectivity index (χ1n) is 20.1. The summed E-state index contributed by atoms with van der Waals surface area (Å²) in [4.78, 5) is 5.06. The summed E-state index contributed by atoms with van der Waals surface area (Å²) in [6, 6.07) is 65.9. The number of rotatable bonds is 8. The maximum atomic E-state index is 5.06. The zero-order chi connectivity index (χ0) is 40.0. The van der Waals surface area contributed by atoms with Gasteiger partial charge in [-0.25, -0.2) is 0 Å². The average Bonchev–Trinajstić information content (AvgIpc) is 3.30. The number of nitrogens with zero attached hydrogens (tertiary/aromatic N) is 1. The maximum absolute atomic E-state index is 5.06. The largest absolute Gasteiger partial charge is 0.253 e. The molecule has 0 unspecified atom stereocenters. The molecule has 0 saturated carbocycles. The Labute approximate surface area is 344 Å². The molecule has 0 aliphatic carbocycles. The van der Waals surface area contributed by atoms with Crippen molar-refractivity contribution in [1.82, 2.24) is 0 Å². The summed E-state index contributed by atoms with van der Waals surface area (Å²) in [5.74, 6) is 0. The Morgan fingerprint density at radius 2 is 0.729 bits per heavy atom. The highest BCUT2D eigenvalue weighted by Gasteiger charge is 2.14. The summed E-state index contributed by atoms with van der Waals surface area (Å²) in [7, 11) is 0. The molecular formula is C58H41N. The molecule has 0 spiro atoms. The molecule has 1 nitrogen and oxygen atoms in total. The van der Waals surface area contributed by atoms with Crippen molar-refractivity contribution in [2.75, 3.05) is 0 Å². The van der Waals surface area contributed by atoms with Crippen LogP contribution in [0.2, 0.25) is 0 Å². The summed E-state index contributed by atoms with van der Waals surface area (Å²) in [6.07, 6.45) is 3.92. The SMILES string of the molecule is C=C(/C=C\C(=C)c1ccccc1)C(=C)/N=C(\C)c1cc(-c2ccc3c4ccccc4c4ccccc4c3c2)cc(-c2ccc3c4ccccc4c4ccccc4c3c2)c1. The molecule has 10 aromatic rings. The number of hydrogen-bond acceptors (Lipinski definition) is 1. The van der Waals surface area contributed by atoms with E-state index in [2.05, 4.69) is 190 Å². The number of aliphatic imine (C=N–C) groups is 1. The third-order valence-electron chi connectivity index (χ3n) is 11.8. The van der Waals surface area contributed by atoms with Crippen molar-refractivity contribution in [2.24, 2.45) is 4.99 Å². The van der Waals surface area contributed by atoms with Crippen molar-refractivity contribution in [3.05, 3.63) is 236 Å². The van der Waals surface area contributed by atoms with E-state index in [1.54, 1.807) is 0 Å². The Hall–Kier alpha value is -7.61. The maximum Gasteiger partial charge on any atom is 0.0627 e. The van der Waals surface area contributed by atoms with Crippen LogP contribution in [0, 0.1) is 0 Å². The molecule has 0 aliphatic heterocycles. The van der Waals surface area contributed by atoms with Crippen LogP contribution in [-0.4, -0.2) is 5.71 Å². The Bertz CT molecular complexity index is 3180. The lowest BCUT2D eigenvalue weighted by Gasteiger charge is -2.15. The molecule has 278 valence electrons. The highest BCUT2D eigenvalue weighted by atomic mass is 14.8. The minimum Gasteiger partial charge on any atom is -0.253 e. The number of hydrogen-bond donors (Lipinski definition) is 0. The summed E-state index contributed by atoms with van der Waals surface area (Å²) < 4.78 is 0. The van der Waals surface area contributed by atoms with Crippen molar-refractivity contribution < 1.29 is 0 Å². The molecule has 0 amide bonds. The second-order valence-electron chi connectivity index (χ2n) is 15.4. The highest BCUT2D eigenvalue weighted by Crippen LogP contribution is 2.40. The smallest absolute Gasteiger partial charge is 0.0627 e. The molecule has 10 rings (SSSR count).